The van der Waals surface area contributed by atoms with Crippen molar-refractivity contribution < 1.29 is 22.7 Å². The van der Waals surface area contributed by atoms with Gasteiger partial charge in [0.15, 0.2) is 0 Å². The summed E-state index contributed by atoms with van der Waals surface area (Å²) in [7, 11) is 0. The van der Waals surface area contributed by atoms with Crippen LogP contribution in [0.3, 0.4) is 0 Å². The normalized spacial score (nSPS) is 13.5. The smallest absolute Gasteiger partial charge is 0.392 e. The topological polar surface area (TPSA) is 20.2 Å². The lowest BCUT2D eigenvalue weighted by atomic mass is 9.81. The molecule has 4 rings (SSSR count). The molecule has 3 aromatic rings. The fourth-order valence-corrected chi connectivity index (χ4v) is 4.23. The molecule has 0 heterocycles. The van der Waals surface area contributed by atoms with Crippen LogP contribution in [-0.4, -0.2) is 5.11 Å². The highest BCUT2D eigenvalue weighted by Gasteiger charge is 2.30. The van der Waals surface area contributed by atoms with E-state index in [1.165, 1.54) is 29.8 Å². The van der Waals surface area contributed by atoms with E-state index in [0.717, 1.165) is 63.9 Å². The summed E-state index contributed by atoms with van der Waals surface area (Å²) in [5, 5.41) is 10.4. The first kappa shape index (κ1) is 23.2. The monoisotopic (exact) mass is 454 g/mol. The average Bonchev–Trinajstić information content (AvgIpc) is 3.58. The number of hydrogen-bond acceptors (Lipinski definition) is 1. The zero-order chi connectivity index (χ0) is 23.8. The van der Waals surface area contributed by atoms with Crippen LogP contribution in [-0.2, 0) is 19.2 Å². The Kier molecular flexibility index (Phi) is 6.44. The number of halogens is 4. The molecule has 1 saturated carbocycles. The van der Waals surface area contributed by atoms with Crippen molar-refractivity contribution in [1.29, 1.82) is 0 Å². The van der Waals surface area contributed by atoms with E-state index < -0.39 is 11.7 Å². The van der Waals surface area contributed by atoms with E-state index in [0.29, 0.717) is 6.42 Å². The Morgan fingerprint density at radius 1 is 0.939 bits per heavy atom. The molecule has 0 spiro atoms. The molecule has 1 nitrogen and oxygen atoms in total. The molecule has 1 aliphatic rings. The van der Waals surface area contributed by atoms with Crippen LogP contribution in [0.5, 0.6) is 0 Å². The predicted molar refractivity (Wildman–Crippen MR) is 123 cm³/mol. The summed E-state index contributed by atoms with van der Waals surface area (Å²) in [5.41, 5.74) is 6.70. The zero-order valence-electron chi connectivity index (χ0n) is 18.6. The number of benzene rings is 3. The maximum Gasteiger partial charge on any atom is 0.416 e. The Balaban J connectivity index is 1.91. The molecular weight excluding hydrogens is 428 g/mol. The number of allylic oxidation sites excluding steroid dienone is 1. The van der Waals surface area contributed by atoms with Gasteiger partial charge in [0, 0.05) is 0 Å². The number of alkyl halides is 3. The summed E-state index contributed by atoms with van der Waals surface area (Å²) in [4.78, 5) is 0. The van der Waals surface area contributed by atoms with E-state index >= 15 is 0 Å². The van der Waals surface area contributed by atoms with Gasteiger partial charge in [-0.25, -0.2) is 4.39 Å². The van der Waals surface area contributed by atoms with Crippen molar-refractivity contribution in [2.24, 2.45) is 0 Å². The molecule has 3 aromatic carbocycles. The Morgan fingerprint density at radius 2 is 1.58 bits per heavy atom. The van der Waals surface area contributed by atoms with E-state index in [1.807, 2.05) is 0 Å². The summed E-state index contributed by atoms with van der Waals surface area (Å²) in [5.74, 6) is -0.202. The van der Waals surface area contributed by atoms with E-state index in [2.05, 4.69) is 26.0 Å². The van der Waals surface area contributed by atoms with Gasteiger partial charge in [-0.05, 0) is 88.4 Å². The summed E-state index contributed by atoms with van der Waals surface area (Å²) in [6.45, 7) is 3.96. The van der Waals surface area contributed by atoms with Crippen molar-refractivity contribution in [1.82, 2.24) is 0 Å². The molecule has 0 aromatic heterocycles. The highest BCUT2D eigenvalue weighted by atomic mass is 19.4. The van der Waals surface area contributed by atoms with Crippen LogP contribution < -0.4 is 0 Å². The van der Waals surface area contributed by atoms with Gasteiger partial charge < -0.3 is 5.11 Å². The second-order valence-electron chi connectivity index (χ2n) is 8.88. The zero-order valence-corrected chi connectivity index (χ0v) is 18.6. The lowest BCUT2D eigenvalue weighted by molar-refractivity contribution is -0.137. The van der Waals surface area contributed by atoms with Gasteiger partial charge in [-0.1, -0.05) is 55.8 Å². The van der Waals surface area contributed by atoms with E-state index in [9.17, 15) is 22.7 Å². The second kappa shape index (κ2) is 9.14. The fraction of sp³-hybridized carbons (Fsp3) is 0.286. The second-order valence-corrected chi connectivity index (χ2v) is 8.88. The molecule has 5 heteroatoms. The third-order valence-electron chi connectivity index (χ3n) is 6.08. The van der Waals surface area contributed by atoms with Gasteiger partial charge in [0.05, 0.1) is 12.2 Å². The quantitative estimate of drug-likeness (QED) is 0.376. The largest absolute Gasteiger partial charge is 0.416 e. The first-order valence-corrected chi connectivity index (χ1v) is 11.1. The van der Waals surface area contributed by atoms with Crippen molar-refractivity contribution in [3.63, 3.8) is 0 Å². The van der Waals surface area contributed by atoms with Crippen LogP contribution >= 0.6 is 0 Å². The molecule has 1 N–H and O–H groups in total. The fourth-order valence-electron chi connectivity index (χ4n) is 4.23. The molecule has 1 fully saturated rings. The molecule has 0 radical (unpaired) electrons. The summed E-state index contributed by atoms with van der Waals surface area (Å²) >= 11 is 0. The minimum absolute atomic E-state index is 0.151. The summed E-state index contributed by atoms with van der Waals surface area (Å²) in [6.07, 6.45) is 0.222. The first-order valence-electron chi connectivity index (χ1n) is 11.1. The minimum atomic E-state index is -4.39. The Morgan fingerprint density at radius 3 is 2.09 bits per heavy atom. The molecule has 0 amide bonds. The standard InChI is InChI=1S/C28H26F4O/c1-17(2)24-15-21(13-18-3-4-18)26(16-33)27(20-7-11-23(29)12-8-20)25(24)14-19-5-9-22(10-6-19)28(30,31)32/h5-13,15,17,33H,3-4,14,16H2,1-2H3. The number of hydrogen-bond donors (Lipinski definition) is 1. The molecule has 0 saturated heterocycles. The van der Waals surface area contributed by atoms with Gasteiger partial charge >= 0.3 is 6.18 Å². The summed E-state index contributed by atoms with van der Waals surface area (Å²) in [6, 6.07) is 13.4. The first-order chi connectivity index (χ1) is 15.7. The average molecular weight is 455 g/mol. The van der Waals surface area contributed by atoms with E-state index in [-0.39, 0.29) is 18.3 Å². The third-order valence-corrected chi connectivity index (χ3v) is 6.08. The lowest BCUT2D eigenvalue weighted by Gasteiger charge is -2.23. The van der Waals surface area contributed by atoms with Gasteiger partial charge in [-0.3, -0.25) is 0 Å². The Bertz CT molecular complexity index is 1160. The van der Waals surface area contributed by atoms with Gasteiger partial charge in [0.2, 0.25) is 0 Å². The van der Waals surface area contributed by atoms with Crippen LogP contribution in [0.4, 0.5) is 17.6 Å². The molecule has 0 bridgehead atoms. The highest BCUT2D eigenvalue weighted by molar-refractivity contribution is 5.79. The molecule has 1 aliphatic carbocycles. The Labute approximate surface area is 191 Å². The van der Waals surface area contributed by atoms with Crippen molar-refractivity contribution in [2.75, 3.05) is 0 Å². The van der Waals surface area contributed by atoms with E-state index in [1.54, 1.807) is 12.1 Å². The van der Waals surface area contributed by atoms with Crippen LogP contribution in [0.1, 0.15) is 66.0 Å². The predicted octanol–water partition coefficient (Wildman–Crippen LogP) is 7.90. The maximum absolute atomic E-state index is 13.7. The SMILES string of the molecule is CC(C)c1cc(C=C2CC2)c(CO)c(-c2ccc(F)cc2)c1Cc1ccc(C(F)(F)F)cc1. The lowest BCUT2D eigenvalue weighted by Crippen LogP contribution is -2.08. The highest BCUT2D eigenvalue weighted by Crippen LogP contribution is 2.40. The van der Waals surface area contributed by atoms with Crippen LogP contribution in [0.15, 0.2) is 60.2 Å². The molecule has 0 atom stereocenters. The molecule has 0 unspecified atom stereocenters. The van der Waals surface area contributed by atoms with Crippen LogP contribution in [0.25, 0.3) is 17.2 Å². The van der Waals surface area contributed by atoms with Crippen LogP contribution in [0, 0.1) is 5.82 Å². The molecule has 33 heavy (non-hydrogen) atoms. The van der Waals surface area contributed by atoms with Gasteiger partial charge in [-0.2, -0.15) is 13.2 Å². The van der Waals surface area contributed by atoms with Gasteiger partial charge in [0.1, 0.15) is 5.82 Å². The van der Waals surface area contributed by atoms with Crippen molar-refractivity contribution in [3.8, 4) is 11.1 Å². The van der Waals surface area contributed by atoms with Gasteiger partial charge in [0.25, 0.3) is 0 Å². The maximum atomic E-state index is 13.7. The number of aliphatic hydroxyl groups excluding tert-OH is 1. The van der Waals surface area contributed by atoms with Crippen molar-refractivity contribution >= 4 is 6.08 Å². The molecule has 0 aliphatic heterocycles. The van der Waals surface area contributed by atoms with Crippen molar-refractivity contribution in [2.45, 2.75) is 51.8 Å². The van der Waals surface area contributed by atoms with E-state index in [4.69, 9.17) is 0 Å². The Hall–Kier alpha value is -2.92. The van der Waals surface area contributed by atoms with Crippen molar-refractivity contribution in [3.05, 3.63) is 99.4 Å². The summed E-state index contributed by atoms with van der Waals surface area (Å²) < 4.78 is 52.8. The third kappa shape index (κ3) is 5.19. The molecule has 172 valence electrons. The van der Waals surface area contributed by atoms with Crippen LogP contribution in [0.2, 0.25) is 0 Å². The minimum Gasteiger partial charge on any atom is -0.392 e. The number of rotatable bonds is 6. The van der Waals surface area contributed by atoms with Gasteiger partial charge in [-0.15, -0.1) is 0 Å². The number of aliphatic hydroxyl groups is 1. The molecular formula is C28H26F4O.